The van der Waals surface area contributed by atoms with Crippen LogP contribution in [0, 0.1) is 0 Å². The van der Waals surface area contributed by atoms with Crippen LogP contribution in [0.25, 0.3) is 0 Å². The maximum Gasteiger partial charge on any atom is 0.354 e. The third-order valence-electron chi connectivity index (χ3n) is 3.15. The van der Waals surface area contributed by atoms with Crippen LogP contribution < -0.4 is 10.3 Å². The quantitative estimate of drug-likeness (QED) is 0.853. The Morgan fingerprint density at radius 3 is 2.77 bits per heavy atom. The number of hydrogen-bond acceptors (Lipinski definition) is 4. The van der Waals surface area contributed by atoms with Crippen LogP contribution in [-0.4, -0.2) is 27.7 Å². The van der Waals surface area contributed by atoms with Gasteiger partial charge in [-0.25, -0.2) is 9.78 Å². The molecule has 1 aromatic heterocycles. The van der Waals surface area contributed by atoms with Gasteiger partial charge in [-0.05, 0) is 17.5 Å². The number of H-pyrrole nitrogens is 1. The molecule has 116 valence electrons. The van der Waals surface area contributed by atoms with Crippen LogP contribution in [-0.2, 0) is 6.42 Å². The molecule has 0 spiro atoms. The number of nitrogens with one attached hydrogen (secondary N) is 1. The SMILES string of the molecule is CC(C)c1ccccc1OCCc1nc(C(=O)O)cc(=O)[nH]1. The Balaban J connectivity index is 2.06. The van der Waals surface area contributed by atoms with Crippen molar-refractivity contribution in [3.8, 4) is 5.75 Å². The number of aromatic amines is 1. The van der Waals surface area contributed by atoms with E-state index in [0.29, 0.717) is 24.8 Å². The zero-order valence-electron chi connectivity index (χ0n) is 12.5. The molecule has 0 radical (unpaired) electrons. The van der Waals surface area contributed by atoms with E-state index in [1.54, 1.807) is 0 Å². The lowest BCUT2D eigenvalue weighted by molar-refractivity contribution is 0.0689. The van der Waals surface area contributed by atoms with Crippen molar-refractivity contribution in [3.05, 3.63) is 57.8 Å². The zero-order chi connectivity index (χ0) is 16.1. The predicted molar refractivity (Wildman–Crippen MR) is 81.5 cm³/mol. The highest BCUT2D eigenvalue weighted by molar-refractivity contribution is 5.85. The first-order valence-corrected chi connectivity index (χ1v) is 7.02. The molecular weight excluding hydrogens is 284 g/mol. The lowest BCUT2D eigenvalue weighted by Gasteiger charge is -2.13. The molecule has 0 aliphatic rings. The molecule has 6 heteroatoms. The molecule has 0 saturated heterocycles. The van der Waals surface area contributed by atoms with Crippen LogP contribution in [0.2, 0.25) is 0 Å². The van der Waals surface area contributed by atoms with Crippen molar-refractivity contribution < 1.29 is 14.6 Å². The van der Waals surface area contributed by atoms with Gasteiger partial charge in [0.15, 0.2) is 5.69 Å². The number of carbonyl (C=O) groups is 1. The van der Waals surface area contributed by atoms with Gasteiger partial charge < -0.3 is 14.8 Å². The molecule has 2 rings (SSSR count). The molecule has 0 amide bonds. The molecule has 0 saturated carbocycles. The summed E-state index contributed by atoms with van der Waals surface area (Å²) in [4.78, 5) is 28.7. The Bertz CT molecular complexity index is 722. The standard InChI is InChI=1S/C16H18N2O4/c1-10(2)11-5-3-4-6-13(11)22-8-7-14-17-12(16(20)21)9-15(19)18-14/h3-6,9-10H,7-8H2,1-2H3,(H,20,21)(H,17,18,19). The van der Waals surface area contributed by atoms with E-state index in [1.807, 2.05) is 24.3 Å². The maximum atomic E-state index is 11.4. The lowest BCUT2D eigenvalue weighted by Crippen LogP contribution is -2.17. The minimum Gasteiger partial charge on any atom is -0.493 e. The van der Waals surface area contributed by atoms with E-state index in [1.165, 1.54) is 0 Å². The molecule has 1 heterocycles. The molecule has 1 aromatic carbocycles. The van der Waals surface area contributed by atoms with Crippen LogP contribution in [0.1, 0.15) is 41.6 Å². The van der Waals surface area contributed by atoms with E-state index in [4.69, 9.17) is 9.84 Å². The summed E-state index contributed by atoms with van der Waals surface area (Å²) in [5.41, 5.74) is 0.356. The third kappa shape index (κ3) is 3.94. The van der Waals surface area contributed by atoms with Gasteiger partial charge in [0.1, 0.15) is 11.6 Å². The van der Waals surface area contributed by atoms with Crippen LogP contribution >= 0.6 is 0 Å². The fraction of sp³-hybridized carbons (Fsp3) is 0.312. The fourth-order valence-corrected chi connectivity index (χ4v) is 2.08. The number of aromatic nitrogens is 2. The second-order valence-corrected chi connectivity index (χ2v) is 5.17. The van der Waals surface area contributed by atoms with Gasteiger partial charge in [-0.15, -0.1) is 0 Å². The summed E-state index contributed by atoms with van der Waals surface area (Å²) < 4.78 is 5.73. The molecule has 0 fully saturated rings. The summed E-state index contributed by atoms with van der Waals surface area (Å²) >= 11 is 0. The molecule has 22 heavy (non-hydrogen) atoms. The monoisotopic (exact) mass is 302 g/mol. The Morgan fingerprint density at radius 1 is 1.36 bits per heavy atom. The van der Waals surface area contributed by atoms with Crippen molar-refractivity contribution in [1.82, 2.24) is 9.97 Å². The summed E-state index contributed by atoms with van der Waals surface area (Å²) in [6.07, 6.45) is 0.322. The van der Waals surface area contributed by atoms with Gasteiger partial charge in [0.25, 0.3) is 5.56 Å². The van der Waals surface area contributed by atoms with Crippen LogP contribution in [0.3, 0.4) is 0 Å². The zero-order valence-corrected chi connectivity index (χ0v) is 12.5. The van der Waals surface area contributed by atoms with Gasteiger partial charge in [0.05, 0.1) is 6.61 Å². The van der Waals surface area contributed by atoms with E-state index in [9.17, 15) is 9.59 Å². The Kier molecular flexibility index (Phi) is 4.93. The normalized spacial score (nSPS) is 10.7. The Labute approximate surface area is 127 Å². The average Bonchev–Trinajstić information content (AvgIpc) is 2.47. The molecule has 0 atom stereocenters. The number of hydrogen-bond donors (Lipinski definition) is 2. The van der Waals surface area contributed by atoms with E-state index < -0.39 is 11.5 Å². The van der Waals surface area contributed by atoms with E-state index >= 15 is 0 Å². The van der Waals surface area contributed by atoms with Gasteiger partial charge in [-0.2, -0.15) is 0 Å². The molecule has 0 bridgehead atoms. The number of carboxylic acid groups (broad SMARTS) is 1. The van der Waals surface area contributed by atoms with Crippen LogP contribution in [0.5, 0.6) is 5.75 Å². The van der Waals surface area contributed by atoms with Gasteiger partial charge in [-0.3, -0.25) is 4.79 Å². The molecule has 2 aromatic rings. The minimum absolute atomic E-state index is 0.263. The maximum absolute atomic E-state index is 11.4. The third-order valence-corrected chi connectivity index (χ3v) is 3.15. The number of carboxylic acids is 1. The summed E-state index contributed by atoms with van der Waals surface area (Å²) in [5.74, 6) is 0.198. The van der Waals surface area contributed by atoms with E-state index in [0.717, 1.165) is 17.4 Å². The van der Waals surface area contributed by atoms with Crippen molar-refractivity contribution in [2.45, 2.75) is 26.2 Å². The Hall–Kier alpha value is -2.63. The number of para-hydroxylation sites is 1. The van der Waals surface area contributed by atoms with Gasteiger partial charge in [-0.1, -0.05) is 32.0 Å². The summed E-state index contributed by atoms with van der Waals surface area (Å²) in [6.45, 7) is 4.46. The van der Waals surface area contributed by atoms with Crippen molar-refractivity contribution in [2.24, 2.45) is 0 Å². The predicted octanol–water partition coefficient (Wildman–Crippen LogP) is 2.21. The highest BCUT2D eigenvalue weighted by atomic mass is 16.5. The van der Waals surface area contributed by atoms with Gasteiger partial charge in [0.2, 0.25) is 0 Å². The first-order chi connectivity index (χ1) is 10.5. The number of ether oxygens (including phenoxy) is 1. The second kappa shape index (κ2) is 6.89. The van der Waals surface area contributed by atoms with Gasteiger partial charge in [0, 0.05) is 12.5 Å². The summed E-state index contributed by atoms with van der Waals surface area (Å²) in [7, 11) is 0. The molecular formula is C16H18N2O4. The molecule has 0 unspecified atom stereocenters. The van der Waals surface area contributed by atoms with Crippen molar-refractivity contribution in [1.29, 1.82) is 0 Å². The highest BCUT2D eigenvalue weighted by Crippen LogP contribution is 2.25. The minimum atomic E-state index is -1.22. The largest absolute Gasteiger partial charge is 0.493 e. The number of aromatic carboxylic acids is 1. The lowest BCUT2D eigenvalue weighted by atomic mass is 10.0. The second-order valence-electron chi connectivity index (χ2n) is 5.17. The number of rotatable bonds is 6. The first-order valence-electron chi connectivity index (χ1n) is 7.02. The topological polar surface area (TPSA) is 92.3 Å². The van der Waals surface area contributed by atoms with Gasteiger partial charge >= 0.3 is 5.97 Å². The summed E-state index contributed by atoms with van der Waals surface area (Å²) in [5, 5.41) is 8.89. The summed E-state index contributed by atoms with van der Waals surface area (Å²) in [6, 6.07) is 8.70. The molecule has 2 N–H and O–H groups in total. The fourth-order valence-electron chi connectivity index (χ4n) is 2.08. The highest BCUT2D eigenvalue weighted by Gasteiger charge is 2.10. The van der Waals surface area contributed by atoms with E-state index in [-0.39, 0.29) is 5.69 Å². The van der Waals surface area contributed by atoms with Crippen molar-refractivity contribution >= 4 is 5.97 Å². The van der Waals surface area contributed by atoms with Crippen LogP contribution in [0.15, 0.2) is 35.1 Å². The Morgan fingerprint density at radius 2 is 2.09 bits per heavy atom. The average molecular weight is 302 g/mol. The van der Waals surface area contributed by atoms with Crippen LogP contribution in [0.4, 0.5) is 0 Å². The number of benzene rings is 1. The smallest absolute Gasteiger partial charge is 0.354 e. The van der Waals surface area contributed by atoms with Crippen molar-refractivity contribution in [3.63, 3.8) is 0 Å². The molecule has 0 aliphatic heterocycles. The molecule has 0 aliphatic carbocycles. The number of nitrogens with zero attached hydrogens (tertiary/aromatic N) is 1. The molecule has 6 nitrogen and oxygen atoms in total. The van der Waals surface area contributed by atoms with E-state index in [2.05, 4.69) is 23.8 Å². The first kappa shape index (κ1) is 15.8. The van der Waals surface area contributed by atoms with Crippen molar-refractivity contribution in [2.75, 3.05) is 6.61 Å².